The second kappa shape index (κ2) is 3.30. The van der Waals surface area contributed by atoms with Gasteiger partial charge in [-0.2, -0.15) is 0 Å². The van der Waals surface area contributed by atoms with Crippen molar-refractivity contribution in [2.45, 2.75) is 56.5 Å². The van der Waals surface area contributed by atoms with Crippen molar-refractivity contribution in [2.24, 2.45) is 5.41 Å². The molecule has 86 valence electrons. The fourth-order valence-corrected chi connectivity index (χ4v) is 5.45. The van der Waals surface area contributed by atoms with Gasteiger partial charge in [-0.1, -0.05) is 19.8 Å². The molecule has 1 saturated heterocycles. The Hall–Kier alpha value is -0.380. The van der Waals surface area contributed by atoms with Gasteiger partial charge in [-0.25, -0.2) is 8.42 Å². The summed E-state index contributed by atoms with van der Waals surface area (Å²) in [6, 6.07) is 0. The first-order chi connectivity index (χ1) is 6.89. The first-order valence-corrected chi connectivity index (χ1v) is 7.26. The Balaban J connectivity index is 2.46. The van der Waals surface area contributed by atoms with E-state index in [4.69, 9.17) is 0 Å². The molecule has 15 heavy (non-hydrogen) atoms. The summed E-state index contributed by atoms with van der Waals surface area (Å²) >= 11 is 0. The Bertz CT molecular complexity index is 385. The summed E-state index contributed by atoms with van der Waals surface area (Å²) in [6.45, 7) is 3.52. The van der Waals surface area contributed by atoms with E-state index in [2.05, 4.69) is 0 Å². The number of carbonyl (C=O) groups excluding carboxylic acids is 1. The second-order valence-electron chi connectivity index (χ2n) is 5.18. The Morgan fingerprint density at radius 1 is 1.33 bits per heavy atom. The highest BCUT2D eigenvalue weighted by Crippen LogP contribution is 2.46. The lowest BCUT2D eigenvalue weighted by Gasteiger charge is -2.44. The molecule has 0 amide bonds. The standard InChI is InChI=1S/C11H18O3S/c1-8-7-9(12)11(2)6-4-3-5-10(11)15(8,13)14/h8,10H,3-7H2,1-2H3/t8-,10+,11-/m1/s1. The minimum absolute atomic E-state index is 0.162. The van der Waals surface area contributed by atoms with Crippen molar-refractivity contribution in [3.05, 3.63) is 0 Å². The average molecular weight is 230 g/mol. The van der Waals surface area contributed by atoms with E-state index in [9.17, 15) is 13.2 Å². The lowest BCUT2D eigenvalue weighted by Crippen LogP contribution is -2.54. The molecule has 3 atom stereocenters. The number of sulfone groups is 1. The van der Waals surface area contributed by atoms with Crippen LogP contribution in [-0.2, 0) is 14.6 Å². The third-order valence-electron chi connectivity index (χ3n) is 4.19. The molecule has 1 aliphatic carbocycles. The van der Waals surface area contributed by atoms with Crippen LogP contribution in [0.3, 0.4) is 0 Å². The van der Waals surface area contributed by atoms with Crippen LogP contribution in [0.5, 0.6) is 0 Å². The van der Waals surface area contributed by atoms with Gasteiger partial charge < -0.3 is 0 Å². The van der Waals surface area contributed by atoms with Crippen LogP contribution in [0.15, 0.2) is 0 Å². The van der Waals surface area contributed by atoms with Crippen LogP contribution in [0, 0.1) is 5.41 Å². The summed E-state index contributed by atoms with van der Waals surface area (Å²) in [5.74, 6) is 0.162. The van der Waals surface area contributed by atoms with E-state index in [0.29, 0.717) is 6.42 Å². The Kier molecular flexibility index (Phi) is 2.45. The van der Waals surface area contributed by atoms with E-state index in [1.807, 2.05) is 6.92 Å². The van der Waals surface area contributed by atoms with Gasteiger partial charge in [-0.3, -0.25) is 4.79 Å². The number of fused-ring (bicyclic) bond motifs is 1. The zero-order valence-corrected chi connectivity index (χ0v) is 10.1. The Morgan fingerprint density at radius 3 is 2.67 bits per heavy atom. The predicted molar refractivity (Wildman–Crippen MR) is 58.4 cm³/mol. The molecule has 2 fully saturated rings. The van der Waals surface area contributed by atoms with Crippen molar-refractivity contribution < 1.29 is 13.2 Å². The van der Waals surface area contributed by atoms with Gasteiger partial charge in [0.1, 0.15) is 5.78 Å². The van der Waals surface area contributed by atoms with Crippen LogP contribution >= 0.6 is 0 Å². The number of carbonyl (C=O) groups is 1. The summed E-state index contributed by atoms with van der Waals surface area (Å²) < 4.78 is 24.3. The highest BCUT2D eigenvalue weighted by Gasteiger charge is 2.54. The molecule has 3 nitrogen and oxygen atoms in total. The molecular weight excluding hydrogens is 212 g/mol. The van der Waals surface area contributed by atoms with Crippen LogP contribution in [0.2, 0.25) is 0 Å². The summed E-state index contributed by atoms with van der Waals surface area (Å²) in [4.78, 5) is 12.0. The van der Waals surface area contributed by atoms with Crippen LogP contribution in [0.25, 0.3) is 0 Å². The molecule has 2 aliphatic rings. The molecule has 0 aromatic heterocycles. The summed E-state index contributed by atoms with van der Waals surface area (Å²) in [7, 11) is -3.07. The fraction of sp³-hybridized carbons (Fsp3) is 0.909. The van der Waals surface area contributed by atoms with Gasteiger partial charge >= 0.3 is 0 Å². The van der Waals surface area contributed by atoms with Gasteiger partial charge in [0.2, 0.25) is 0 Å². The molecule has 0 radical (unpaired) electrons. The maximum atomic E-state index is 12.1. The largest absolute Gasteiger partial charge is 0.299 e. The lowest BCUT2D eigenvalue weighted by atomic mass is 9.71. The highest BCUT2D eigenvalue weighted by molar-refractivity contribution is 7.92. The molecular formula is C11H18O3S. The molecule has 1 heterocycles. The number of ketones is 1. The zero-order valence-electron chi connectivity index (χ0n) is 9.32. The van der Waals surface area contributed by atoms with Crippen molar-refractivity contribution in [3.8, 4) is 0 Å². The zero-order chi connectivity index (χ0) is 11.3. The van der Waals surface area contributed by atoms with Gasteiger partial charge in [0.05, 0.1) is 10.5 Å². The van der Waals surface area contributed by atoms with Gasteiger partial charge in [-0.15, -0.1) is 0 Å². The smallest absolute Gasteiger partial charge is 0.157 e. The minimum atomic E-state index is -3.07. The molecule has 0 aromatic carbocycles. The van der Waals surface area contributed by atoms with Crippen LogP contribution in [0.4, 0.5) is 0 Å². The number of hydrogen-bond acceptors (Lipinski definition) is 3. The minimum Gasteiger partial charge on any atom is -0.299 e. The summed E-state index contributed by atoms with van der Waals surface area (Å²) in [5.41, 5.74) is -0.580. The summed E-state index contributed by atoms with van der Waals surface area (Å²) in [6.07, 6.45) is 3.58. The van der Waals surface area contributed by atoms with Gasteiger partial charge in [0.15, 0.2) is 9.84 Å². The summed E-state index contributed by atoms with van der Waals surface area (Å²) in [5, 5.41) is -0.879. The van der Waals surface area contributed by atoms with Crippen LogP contribution in [-0.4, -0.2) is 24.7 Å². The number of hydrogen-bond donors (Lipinski definition) is 0. The fourth-order valence-electron chi connectivity index (χ4n) is 3.04. The van der Waals surface area contributed by atoms with E-state index in [1.54, 1.807) is 6.92 Å². The van der Waals surface area contributed by atoms with Crippen molar-refractivity contribution >= 4 is 15.6 Å². The number of rotatable bonds is 0. The van der Waals surface area contributed by atoms with E-state index in [1.165, 1.54) is 0 Å². The second-order valence-corrected chi connectivity index (χ2v) is 7.73. The third-order valence-corrected chi connectivity index (χ3v) is 7.03. The third kappa shape index (κ3) is 1.45. The molecule has 0 unspecified atom stereocenters. The molecule has 0 spiro atoms. The first-order valence-electron chi connectivity index (χ1n) is 5.65. The quantitative estimate of drug-likeness (QED) is 0.636. The molecule has 0 bridgehead atoms. The van der Waals surface area contributed by atoms with Crippen LogP contribution < -0.4 is 0 Å². The Labute approximate surface area is 91.2 Å². The number of Topliss-reactive ketones (excluding diaryl/α,β-unsaturated/α-hetero) is 1. The normalized spacial score (nSPS) is 44.8. The molecule has 0 N–H and O–H groups in total. The van der Waals surface area contributed by atoms with E-state index in [-0.39, 0.29) is 12.2 Å². The Morgan fingerprint density at radius 2 is 2.00 bits per heavy atom. The molecule has 1 saturated carbocycles. The van der Waals surface area contributed by atoms with Crippen molar-refractivity contribution in [2.75, 3.05) is 0 Å². The van der Waals surface area contributed by atoms with Gasteiger partial charge in [-0.05, 0) is 19.8 Å². The molecule has 2 rings (SSSR count). The maximum Gasteiger partial charge on any atom is 0.157 e. The van der Waals surface area contributed by atoms with Gasteiger partial charge in [0, 0.05) is 11.8 Å². The maximum absolute atomic E-state index is 12.1. The van der Waals surface area contributed by atoms with Gasteiger partial charge in [0.25, 0.3) is 0 Å². The van der Waals surface area contributed by atoms with Crippen molar-refractivity contribution in [3.63, 3.8) is 0 Å². The van der Waals surface area contributed by atoms with Crippen molar-refractivity contribution in [1.29, 1.82) is 0 Å². The monoisotopic (exact) mass is 230 g/mol. The van der Waals surface area contributed by atoms with E-state index in [0.717, 1.165) is 19.3 Å². The lowest BCUT2D eigenvalue weighted by molar-refractivity contribution is -0.130. The topological polar surface area (TPSA) is 51.2 Å². The highest BCUT2D eigenvalue weighted by atomic mass is 32.2. The average Bonchev–Trinajstić information content (AvgIpc) is 2.16. The molecule has 0 aromatic rings. The molecule has 1 aliphatic heterocycles. The van der Waals surface area contributed by atoms with Crippen molar-refractivity contribution in [1.82, 2.24) is 0 Å². The molecule has 4 heteroatoms. The first kappa shape index (κ1) is 11.1. The predicted octanol–water partition coefficient (Wildman–Crippen LogP) is 1.71. The van der Waals surface area contributed by atoms with E-state index < -0.39 is 25.8 Å². The SMILES string of the molecule is C[C@@H]1CC(=O)[C@@]2(C)CCCC[C@@H]2S1(=O)=O. The van der Waals surface area contributed by atoms with Crippen LogP contribution in [0.1, 0.15) is 46.0 Å². The van der Waals surface area contributed by atoms with E-state index >= 15 is 0 Å².